The maximum absolute atomic E-state index is 12.2. The van der Waals surface area contributed by atoms with Gasteiger partial charge in [-0.1, -0.05) is 42.8 Å². The number of halogens is 1. The fourth-order valence-corrected chi connectivity index (χ4v) is 2.08. The average Bonchev–Trinajstić information content (AvgIpc) is 2.47. The van der Waals surface area contributed by atoms with Crippen molar-refractivity contribution in [3.8, 4) is 0 Å². The highest BCUT2D eigenvalue weighted by atomic mass is 35.5. The highest BCUT2D eigenvalue weighted by molar-refractivity contribution is 6.34. The van der Waals surface area contributed by atoms with Crippen molar-refractivity contribution in [3.63, 3.8) is 0 Å². The van der Waals surface area contributed by atoms with Gasteiger partial charge in [-0.15, -0.1) is 0 Å². The van der Waals surface area contributed by atoms with Gasteiger partial charge in [0.2, 0.25) is 0 Å². The molecule has 0 aromatic heterocycles. The predicted molar refractivity (Wildman–Crippen MR) is 80.5 cm³/mol. The molecule has 0 saturated heterocycles. The maximum atomic E-state index is 12.2. The summed E-state index contributed by atoms with van der Waals surface area (Å²) in [6, 6.07) is 13.7. The molecule has 0 unspecified atom stereocenters. The molecule has 0 fully saturated rings. The average molecular weight is 288 g/mol. The summed E-state index contributed by atoms with van der Waals surface area (Å²) in [7, 11) is 0. The Bertz CT molecular complexity index is 652. The van der Waals surface area contributed by atoms with Gasteiger partial charge >= 0.3 is 0 Å². The van der Waals surface area contributed by atoms with Crippen molar-refractivity contribution < 1.29 is 9.59 Å². The highest BCUT2D eigenvalue weighted by Crippen LogP contribution is 2.20. The molecule has 1 amide bonds. The Morgan fingerprint density at radius 2 is 1.60 bits per heavy atom. The Balaban J connectivity index is 2.29. The second-order valence-corrected chi connectivity index (χ2v) is 4.66. The molecule has 0 aliphatic heterocycles. The molecule has 0 aliphatic rings. The predicted octanol–water partition coefficient (Wildman–Crippen LogP) is 4.19. The summed E-state index contributed by atoms with van der Waals surface area (Å²) < 4.78 is 0. The summed E-state index contributed by atoms with van der Waals surface area (Å²) in [6.45, 7) is 1.79. The zero-order valence-corrected chi connectivity index (χ0v) is 11.8. The van der Waals surface area contributed by atoms with E-state index < -0.39 is 0 Å². The third kappa shape index (κ3) is 3.06. The zero-order chi connectivity index (χ0) is 14.5. The third-order valence-electron chi connectivity index (χ3n) is 2.92. The second-order valence-electron chi connectivity index (χ2n) is 4.26. The number of carbonyl (C=O) groups excluding carboxylic acids is 2. The van der Waals surface area contributed by atoms with Crippen LogP contribution in [0.3, 0.4) is 0 Å². The summed E-state index contributed by atoms with van der Waals surface area (Å²) in [4.78, 5) is 24.0. The van der Waals surface area contributed by atoms with E-state index in [1.165, 1.54) is 0 Å². The van der Waals surface area contributed by atoms with Gasteiger partial charge in [-0.25, -0.2) is 0 Å². The van der Waals surface area contributed by atoms with Crippen LogP contribution in [-0.2, 0) is 0 Å². The molecular formula is C16H14ClNO2. The monoisotopic (exact) mass is 287 g/mol. The molecule has 0 aliphatic carbocycles. The second kappa shape index (κ2) is 6.35. The van der Waals surface area contributed by atoms with Crippen molar-refractivity contribution in [1.29, 1.82) is 0 Å². The molecule has 2 aromatic carbocycles. The first-order chi connectivity index (χ1) is 9.63. The molecule has 0 radical (unpaired) electrons. The molecule has 1 N–H and O–H groups in total. The summed E-state index contributed by atoms with van der Waals surface area (Å²) in [5.74, 6) is -0.341. The number of anilines is 1. The number of benzene rings is 2. The first-order valence-electron chi connectivity index (χ1n) is 6.31. The maximum Gasteiger partial charge on any atom is 0.257 e. The number of ketones is 1. The van der Waals surface area contributed by atoms with Gasteiger partial charge in [-0.2, -0.15) is 0 Å². The number of hydrogen-bond donors (Lipinski definition) is 1. The van der Waals surface area contributed by atoms with Crippen molar-refractivity contribution >= 4 is 29.0 Å². The van der Waals surface area contributed by atoms with Gasteiger partial charge in [0.05, 0.1) is 16.3 Å². The molecule has 3 nitrogen and oxygen atoms in total. The van der Waals surface area contributed by atoms with E-state index in [2.05, 4.69) is 5.32 Å². The SMILES string of the molecule is CCC(=O)c1ccccc1NC(=O)c1ccccc1Cl. The van der Waals surface area contributed by atoms with Crippen molar-refractivity contribution in [2.24, 2.45) is 0 Å². The van der Waals surface area contributed by atoms with Crippen LogP contribution < -0.4 is 5.32 Å². The molecule has 0 atom stereocenters. The fraction of sp³-hybridized carbons (Fsp3) is 0.125. The topological polar surface area (TPSA) is 46.2 Å². The molecule has 2 aromatic rings. The van der Waals surface area contributed by atoms with Gasteiger partial charge in [0.25, 0.3) is 5.91 Å². The van der Waals surface area contributed by atoms with Crippen LogP contribution in [0.25, 0.3) is 0 Å². The van der Waals surface area contributed by atoms with E-state index in [1.807, 2.05) is 0 Å². The molecule has 4 heteroatoms. The first kappa shape index (κ1) is 14.3. The van der Waals surface area contributed by atoms with Crippen molar-refractivity contribution in [3.05, 3.63) is 64.7 Å². The van der Waals surface area contributed by atoms with Crippen LogP contribution in [0.15, 0.2) is 48.5 Å². The van der Waals surface area contributed by atoms with Crippen LogP contribution in [0.4, 0.5) is 5.69 Å². The number of nitrogens with one attached hydrogen (secondary N) is 1. The van der Waals surface area contributed by atoms with Crippen molar-refractivity contribution in [2.45, 2.75) is 13.3 Å². The van der Waals surface area contributed by atoms with E-state index >= 15 is 0 Å². The lowest BCUT2D eigenvalue weighted by atomic mass is 10.1. The van der Waals surface area contributed by atoms with E-state index in [9.17, 15) is 9.59 Å². The van der Waals surface area contributed by atoms with Crippen LogP contribution >= 0.6 is 11.6 Å². The van der Waals surface area contributed by atoms with Crippen molar-refractivity contribution in [1.82, 2.24) is 0 Å². The standard InChI is InChI=1S/C16H14ClNO2/c1-2-15(19)12-8-4-6-10-14(12)18-16(20)11-7-3-5-9-13(11)17/h3-10H,2H2,1H3,(H,18,20). The largest absolute Gasteiger partial charge is 0.321 e. The van der Waals surface area contributed by atoms with Gasteiger partial charge in [0, 0.05) is 12.0 Å². The van der Waals surface area contributed by atoms with E-state index in [4.69, 9.17) is 11.6 Å². The number of para-hydroxylation sites is 1. The minimum absolute atomic E-state index is 0.0138. The molecule has 102 valence electrons. The number of carbonyl (C=O) groups is 2. The number of rotatable bonds is 4. The molecule has 20 heavy (non-hydrogen) atoms. The van der Waals surface area contributed by atoms with Crippen LogP contribution in [0, 0.1) is 0 Å². The van der Waals surface area contributed by atoms with Gasteiger partial charge in [-0.05, 0) is 24.3 Å². The minimum Gasteiger partial charge on any atom is -0.321 e. The molecule has 0 saturated carbocycles. The first-order valence-corrected chi connectivity index (χ1v) is 6.69. The fourth-order valence-electron chi connectivity index (χ4n) is 1.86. The van der Waals surface area contributed by atoms with Crippen LogP contribution in [0.5, 0.6) is 0 Å². The lowest BCUT2D eigenvalue weighted by Crippen LogP contribution is -2.15. The van der Waals surface area contributed by atoms with E-state index in [-0.39, 0.29) is 11.7 Å². The summed E-state index contributed by atoms with van der Waals surface area (Å²) in [5, 5.41) is 3.12. The van der Waals surface area contributed by atoms with Gasteiger partial charge < -0.3 is 5.32 Å². The number of amides is 1. The van der Waals surface area contributed by atoms with Gasteiger partial charge in [0.1, 0.15) is 0 Å². The Kier molecular flexibility index (Phi) is 4.53. The highest BCUT2D eigenvalue weighted by Gasteiger charge is 2.14. The third-order valence-corrected chi connectivity index (χ3v) is 3.24. The normalized spacial score (nSPS) is 10.1. The van der Waals surface area contributed by atoms with E-state index in [0.29, 0.717) is 28.3 Å². The molecular weight excluding hydrogens is 274 g/mol. The Morgan fingerprint density at radius 3 is 2.25 bits per heavy atom. The van der Waals surface area contributed by atoms with Gasteiger partial charge in [-0.3, -0.25) is 9.59 Å². The van der Waals surface area contributed by atoms with Crippen LogP contribution in [-0.4, -0.2) is 11.7 Å². The Hall–Kier alpha value is -2.13. The lowest BCUT2D eigenvalue weighted by Gasteiger charge is -2.10. The number of Topliss-reactive ketones (excluding diaryl/α,β-unsaturated/α-hetero) is 1. The molecule has 0 heterocycles. The zero-order valence-electron chi connectivity index (χ0n) is 11.0. The van der Waals surface area contributed by atoms with Crippen molar-refractivity contribution in [2.75, 3.05) is 5.32 Å². The van der Waals surface area contributed by atoms with Crippen LogP contribution in [0.1, 0.15) is 34.1 Å². The summed E-state index contributed by atoms with van der Waals surface area (Å²) in [6.07, 6.45) is 0.388. The van der Waals surface area contributed by atoms with E-state index in [0.717, 1.165) is 0 Å². The minimum atomic E-state index is -0.327. The lowest BCUT2D eigenvalue weighted by molar-refractivity contribution is 0.0989. The van der Waals surface area contributed by atoms with Gasteiger partial charge in [0.15, 0.2) is 5.78 Å². The Morgan fingerprint density at radius 1 is 1.00 bits per heavy atom. The summed E-state index contributed by atoms with van der Waals surface area (Å²) in [5.41, 5.74) is 1.40. The van der Waals surface area contributed by atoms with E-state index in [1.54, 1.807) is 55.5 Å². The van der Waals surface area contributed by atoms with Crippen LogP contribution in [0.2, 0.25) is 5.02 Å². The Labute approximate surface area is 122 Å². The summed E-state index contributed by atoms with van der Waals surface area (Å²) >= 11 is 5.99. The smallest absolute Gasteiger partial charge is 0.257 e. The number of hydrogen-bond acceptors (Lipinski definition) is 2. The molecule has 2 rings (SSSR count). The quantitative estimate of drug-likeness (QED) is 0.857. The molecule has 0 spiro atoms. The molecule has 0 bridgehead atoms.